The molecular formula is C18H20N2O4. The molecular weight excluding hydrogens is 308 g/mol. The first-order valence-corrected chi connectivity index (χ1v) is 7.79. The number of carbonyl (C=O) groups is 2. The first-order valence-electron chi connectivity index (χ1n) is 7.79. The fraction of sp³-hybridized carbons (Fsp3) is 0.333. The third-order valence-electron chi connectivity index (χ3n) is 4.86. The Bertz CT molecular complexity index is 728. The number of rotatable bonds is 4. The summed E-state index contributed by atoms with van der Waals surface area (Å²) in [6.45, 7) is 1.11. The van der Waals surface area contributed by atoms with E-state index in [4.69, 9.17) is 0 Å². The molecule has 4 N–H and O–H groups in total. The van der Waals surface area contributed by atoms with Gasteiger partial charge in [0.15, 0.2) is 0 Å². The quantitative estimate of drug-likeness (QED) is 0.619. The maximum absolute atomic E-state index is 12.1. The van der Waals surface area contributed by atoms with Gasteiger partial charge in [0.25, 0.3) is 5.91 Å². The summed E-state index contributed by atoms with van der Waals surface area (Å²) in [7, 11) is 0. The van der Waals surface area contributed by atoms with Crippen molar-refractivity contribution >= 4 is 17.5 Å². The lowest BCUT2D eigenvalue weighted by molar-refractivity contribution is -0.131. The number of hydrogen-bond acceptors (Lipinski definition) is 4. The Morgan fingerprint density at radius 2 is 1.96 bits per heavy atom. The lowest BCUT2D eigenvalue weighted by Crippen LogP contribution is -2.61. The van der Waals surface area contributed by atoms with Gasteiger partial charge in [-0.2, -0.15) is 0 Å². The van der Waals surface area contributed by atoms with Crippen LogP contribution in [0.5, 0.6) is 0 Å². The highest BCUT2D eigenvalue weighted by Gasteiger charge is 2.55. The van der Waals surface area contributed by atoms with Gasteiger partial charge in [0.1, 0.15) is 5.54 Å². The van der Waals surface area contributed by atoms with Crippen LogP contribution in [0.4, 0.5) is 4.79 Å². The minimum atomic E-state index is -1.48. The number of hydrogen-bond donors (Lipinski definition) is 4. The Labute approximate surface area is 139 Å². The van der Waals surface area contributed by atoms with Crippen LogP contribution in [-0.2, 0) is 4.79 Å². The number of aliphatic hydroxyl groups is 2. The molecule has 3 unspecified atom stereocenters. The summed E-state index contributed by atoms with van der Waals surface area (Å²) in [6.07, 6.45) is 4.56. The molecule has 0 saturated carbocycles. The molecule has 1 fully saturated rings. The van der Waals surface area contributed by atoms with E-state index in [-0.39, 0.29) is 6.61 Å². The minimum Gasteiger partial charge on any atom is -0.395 e. The van der Waals surface area contributed by atoms with Gasteiger partial charge in [-0.3, -0.25) is 10.1 Å². The van der Waals surface area contributed by atoms with Crippen molar-refractivity contribution in [3.05, 3.63) is 54.1 Å². The van der Waals surface area contributed by atoms with E-state index in [1.54, 1.807) is 6.08 Å². The molecule has 3 atom stereocenters. The van der Waals surface area contributed by atoms with Crippen LogP contribution in [0.1, 0.15) is 18.9 Å². The zero-order chi connectivity index (χ0) is 17.4. The van der Waals surface area contributed by atoms with E-state index in [9.17, 15) is 19.8 Å². The first-order chi connectivity index (χ1) is 11.4. The van der Waals surface area contributed by atoms with Crippen LogP contribution in [0.2, 0.25) is 0 Å². The molecule has 1 aromatic rings. The summed E-state index contributed by atoms with van der Waals surface area (Å²) in [5, 5.41) is 25.3. The summed E-state index contributed by atoms with van der Waals surface area (Å²) < 4.78 is 0. The van der Waals surface area contributed by atoms with Crippen LogP contribution in [0, 0.1) is 5.41 Å². The molecule has 1 aliphatic heterocycles. The number of imide groups is 1. The highest BCUT2D eigenvalue weighted by Crippen LogP contribution is 2.40. The van der Waals surface area contributed by atoms with Gasteiger partial charge in [-0.1, -0.05) is 48.6 Å². The lowest BCUT2D eigenvalue weighted by atomic mass is 9.69. The maximum atomic E-state index is 12.1. The second kappa shape index (κ2) is 5.89. The molecule has 6 nitrogen and oxygen atoms in total. The first kappa shape index (κ1) is 16.4. The van der Waals surface area contributed by atoms with Gasteiger partial charge < -0.3 is 15.5 Å². The van der Waals surface area contributed by atoms with Crippen molar-refractivity contribution in [2.24, 2.45) is 5.41 Å². The highest BCUT2D eigenvalue weighted by atomic mass is 16.3. The zero-order valence-electron chi connectivity index (χ0n) is 13.3. The molecule has 1 saturated heterocycles. The molecule has 0 radical (unpaired) electrons. The van der Waals surface area contributed by atoms with Crippen LogP contribution in [0.25, 0.3) is 5.57 Å². The molecule has 126 valence electrons. The zero-order valence-corrected chi connectivity index (χ0v) is 13.3. The van der Waals surface area contributed by atoms with Crippen molar-refractivity contribution < 1.29 is 19.8 Å². The van der Waals surface area contributed by atoms with Gasteiger partial charge >= 0.3 is 6.03 Å². The number of aliphatic hydroxyl groups excluding tert-OH is 2. The topological polar surface area (TPSA) is 98.7 Å². The largest absolute Gasteiger partial charge is 0.395 e. The summed E-state index contributed by atoms with van der Waals surface area (Å²) in [4.78, 5) is 23.5. The molecule has 0 spiro atoms. The SMILES string of the molecule is CC1(C(O)C2(CO)C=CC(c3ccccc3)=CC2)NC(=O)NC1=O. The van der Waals surface area contributed by atoms with E-state index in [1.165, 1.54) is 6.92 Å². The maximum Gasteiger partial charge on any atom is 0.322 e. The number of allylic oxidation sites excluding steroid dienone is 3. The highest BCUT2D eigenvalue weighted by molar-refractivity contribution is 6.07. The van der Waals surface area contributed by atoms with E-state index in [0.717, 1.165) is 11.1 Å². The summed E-state index contributed by atoms with van der Waals surface area (Å²) in [5.41, 5.74) is -0.505. The summed E-state index contributed by atoms with van der Waals surface area (Å²) >= 11 is 0. The summed E-state index contributed by atoms with van der Waals surface area (Å²) in [6, 6.07) is 9.11. The normalized spacial score (nSPS) is 30.5. The van der Waals surface area contributed by atoms with Crippen molar-refractivity contribution in [2.45, 2.75) is 25.0 Å². The molecule has 3 rings (SSSR count). The molecule has 0 aromatic heterocycles. The predicted molar refractivity (Wildman–Crippen MR) is 88.8 cm³/mol. The van der Waals surface area contributed by atoms with E-state index in [0.29, 0.717) is 6.42 Å². The van der Waals surface area contributed by atoms with Crippen LogP contribution < -0.4 is 10.6 Å². The molecule has 1 aliphatic carbocycles. The van der Waals surface area contributed by atoms with Crippen molar-refractivity contribution in [1.29, 1.82) is 0 Å². The minimum absolute atomic E-state index is 0.345. The monoisotopic (exact) mass is 328 g/mol. The third-order valence-corrected chi connectivity index (χ3v) is 4.86. The standard InChI is InChI=1S/C18H20N2O4/c1-17(15(23)19-16(24)20-17)14(22)18(11-21)9-7-13(8-10-18)12-5-3-2-4-6-12/h2-9,14,21-22H,10-11H2,1H3,(H2,19,20,23,24). The summed E-state index contributed by atoms with van der Waals surface area (Å²) in [5.74, 6) is -0.598. The van der Waals surface area contributed by atoms with E-state index >= 15 is 0 Å². The van der Waals surface area contributed by atoms with Gasteiger partial charge in [-0.25, -0.2) is 4.79 Å². The number of amides is 3. The Kier molecular flexibility index (Phi) is 4.03. The Morgan fingerprint density at radius 1 is 1.25 bits per heavy atom. The number of urea groups is 1. The van der Waals surface area contributed by atoms with Crippen molar-refractivity contribution in [3.8, 4) is 0 Å². The second-order valence-electron chi connectivity index (χ2n) is 6.47. The molecule has 2 aliphatic rings. The van der Waals surface area contributed by atoms with Crippen molar-refractivity contribution in [2.75, 3.05) is 6.61 Å². The van der Waals surface area contributed by atoms with Crippen molar-refractivity contribution in [3.63, 3.8) is 0 Å². The Morgan fingerprint density at radius 3 is 2.46 bits per heavy atom. The molecule has 6 heteroatoms. The van der Waals surface area contributed by atoms with E-state index < -0.39 is 29.0 Å². The van der Waals surface area contributed by atoms with Crippen molar-refractivity contribution in [1.82, 2.24) is 10.6 Å². The van der Waals surface area contributed by atoms with E-state index in [2.05, 4.69) is 10.6 Å². The fourth-order valence-corrected chi connectivity index (χ4v) is 3.27. The number of nitrogens with one attached hydrogen (secondary N) is 2. The predicted octanol–water partition coefficient (Wildman–Crippen LogP) is 0.968. The Hall–Kier alpha value is -2.44. The number of carbonyl (C=O) groups excluding carboxylic acids is 2. The van der Waals surface area contributed by atoms with Crippen LogP contribution in [0.15, 0.2) is 48.6 Å². The molecule has 0 bridgehead atoms. The van der Waals surface area contributed by atoms with Crippen LogP contribution in [-0.4, -0.2) is 40.4 Å². The average Bonchev–Trinajstić information content (AvgIpc) is 2.88. The lowest BCUT2D eigenvalue weighted by Gasteiger charge is -2.41. The molecule has 3 amide bonds. The molecule has 1 heterocycles. The second-order valence-corrected chi connectivity index (χ2v) is 6.47. The van der Waals surface area contributed by atoms with Crippen LogP contribution >= 0.6 is 0 Å². The Balaban J connectivity index is 1.87. The van der Waals surface area contributed by atoms with Gasteiger partial charge in [0.2, 0.25) is 0 Å². The van der Waals surface area contributed by atoms with Gasteiger partial charge in [0.05, 0.1) is 12.7 Å². The molecule has 1 aromatic carbocycles. The fourth-order valence-electron chi connectivity index (χ4n) is 3.27. The smallest absolute Gasteiger partial charge is 0.322 e. The van der Waals surface area contributed by atoms with Gasteiger partial charge in [-0.15, -0.1) is 0 Å². The van der Waals surface area contributed by atoms with Gasteiger partial charge in [-0.05, 0) is 24.5 Å². The van der Waals surface area contributed by atoms with E-state index in [1.807, 2.05) is 42.5 Å². The molecule has 24 heavy (non-hydrogen) atoms. The third kappa shape index (κ3) is 2.53. The van der Waals surface area contributed by atoms with Crippen LogP contribution in [0.3, 0.4) is 0 Å². The average molecular weight is 328 g/mol. The van der Waals surface area contributed by atoms with Gasteiger partial charge in [0, 0.05) is 5.41 Å². The number of benzene rings is 1.